The number of amides is 3. The zero-order chi connectivity index (χ0) is 18.2. The van der Waals surface area contributed by atoms with E-state index in [1.165, 1.54) is 0 Å². The van der Waals surface area contributed by atoms with Gasteiger partial charge < -0.3 is 21.3 Å². The van der Waals surface area contributed by atoms with E-state index < -0.39 is 6.03 Å². The van der Waals surface area contributed by atoms with Gasteiger partial charge in [-0.2, -0.15) is 0 Å². The fourth-order valence-corrected chi connectivity index (χ4v) is 2.57. The second kappa shape index (κ2) is 8.73. The van der Waals surface area contributed by atoms with Crippen LogP contribution in [0.5, 0.6) is 0 Å². The third-order valence-corrected chi connectivity index (χ3v) is 3.89. The van der Waals surface area contributed by atoms with Crippen molar-refractivity contribution in [2.45, 2.75) is 19.9 Å². The van der Waals surface area contributed by atoms with Gasteiger partial charge in [-0.15, -0.1) is 0 Å². The lowest BCUT2D eigenvalue weighted by atomic mass is 10.1. The van der Waals surface area contributed by atoms with E-state index >= 15 is 0 Å². The van der Waals surface area contributed by atoms with Crippen LogP contribution < -0.4 is 21.3 Å². The minimum atomic E-state index is -0.602. The number of hydrogen-bond acceptors (Lipinski definition) is 3. The third kappa shape index (κ3) is 5.53. The Morgan fingerprint density at radius 2 is 1.72 bits per heavy atom. The summed E-state index contributed by atoms with van der Waals surface area (Å²) in [5.74, 6) is -0.0439. The van der Waals surface area contributed by atoms with E-state index in [-0.39, 0.29) is 11.9 Å². The van der Waals surface area contributed by atoms with Gasteiger partial charge in [-0.1, -0.05) is 30.3 Å². The molecule has 25 heavy (non-hydrogen) atoms. The molecule has 0 aliphatic carbocycles. The summed E-state index contributed by atoms with van der Waals surface area (Å²) in [7, 11) is 0. The largest absolute Gasteiger partial charge is 0.363 e. The van der Waals surface area contributed by atoms with Crippen molar-refractivity contribution < 1.29 is 9.59 Å². The summed E-state index contributed by atoms with van der Waals surface area (Å²) >= 11 is 0. The van der Waals surface area contributed by atoms with Crippen LogP contribution in [0.4, 0.5) is 16.2 Å². The monoisotopic (exact) mass is 340 g/mol. The molecule has 0 saturated heterocycles. The second-order valence-corrected chi connectivity index (χ2v) is 5.75. The lowest BCUT2D eigenvalue weighted by Gasteiger charge is -2.24. The molecule has 0 heterocycles. The number of urea groups is 1. The number of likely N-dealkylation sites (N-methyl/N-ethyl adjacent to an activating group) is 1. The topological polar surface area (TPSA) is 87.5 Å². The Morgan fingerprint density at radius 1 is 1.08 bits per heavy atom. The Kier molecular flexibility index (Phi) is 6.39. The summed E-state index contributed by atoms with van der Waals surface area (Å²) in [5, 5.41) is 5.51. The van der Waals surface area contributed by atoms with E-state index in [9.17, 15) is 9.59 Å². The smallest absolute Gasteiger partial charge is 0.316 e. The molecule has 2 rings (SSSR count). The van der Waals surface area contributed by atoms with Crippen molar-refractivity contribution in [2.24, 2.45) is 5.73 Å². The van der Waals surface area contributed by atoms with Crippen LogP contribution in [0.25, 0.3) is 0 Å². The number of carbonyl (C=O) groups excluding carboxylic acids is 2. The van der Waals surface area contributed by atoms with E-state index in [0.717, 1.165) is 17.8 Å². The molecule has 132 valence electrons. The summed E-state index contributed by atoms with van der Waals surface area (Å²) in [6.07, 6.45) is 0. The number of para-hydroxylation sites is 1. The molecule has 2 aromatic rings. The average molecular weight is 340 g/mol. The number of anilines is 2. The van der Waals surface area contributed by atoms with Gasteiger partial charge in [0.1, 0.15) is 0 Å². The van der Waals surface area contributed by atoms with Crippen LogP contribution in [0.1, 0.15) is 25.5 Å². The van der Waals surface area contributed by atoms with Gasteiger partial charge in [0.05, 0.1) is 12.6 Å². The lowest BCUT2D eigenvalue weighted by Crippen LogP contribution is -2.38. The summed E-state index contributed by atoms with van der Waals surface area (Å²) in [6.45, 7) is 4.99. The van der Waals surface area contributed by atoms with Crippen molar-refractivity contribution in [1.82, 2.24) is 5.32 Å². The van der Waals surface area contributed by atoms with Crippen molar-refractivity contribution in [2.75, 3.05) is 23.3 Å². The number of nitrogens with one attached hydrogen (secondary N) is 2. The van der Waals surface area contributed by atoms with Gasteiger partial charge in [-0.3, -0.25) is 4.79 Å². The first kappa shape index (κ1) is 18.3. The van der Waals surface area contributed by atoms with Crippen LogP contribution in [-0.4, -0.2) is 25.0 Å². The zero-order valence-electron chi connectivity index (χ0n) is 14.5. The number of rotatable bonds is 7. The van der Waals surface area contributed by atoms with Crippen LogP contribution >= 0.6 is 0 Å². The maximum absolute atomic E-state index is 12.4. The number of nitrogens with two attached hydrogens (primary N) is 1. The molecule has 0 aliphatic heterocycles. The maximum Gasteiger partial charge on any atom is 0.316 e. The molecule has 0 spiro atoms. The highest BCUT2D eigenvalue weighted by Gasteiger charge is 2.13. The first-order valence-corrected chi connectivity index (χ1v) is 8.25. The summed E-state index contributed by atoms with van der Waals surface area (Å²) in [4.78, 5) is 25.2. The number of benzene rings is 2. The van der Waals surface area contributed by atoms with Crippen molar-refractivity contribution in [3.63, 3.8) is 0 Å². The Hall–Kier alpha value is -3.02. The van der Waals surface area contributed by atoms with Crippen LogP contribution in [0.2, 0.25) is 0 Å². The van der Waals surface area contributed by atoms with Gasteiger partial charge in [0.15, 0.2) is 0 Å². The van der Waals surface area contributed by atoms with Gasteiger partial charge in [-0.25, -0.2) is 4.79 Å². The normalized spacial score (nSPS) is 11.4. The first-order valence-electron chi connectivity index (χ1n) is 8.25. The molecule has 0 aromatic heterocycles. The van der Waals surface area contributed by atoms with Crippen molar-refractivity contribution >= 4 is 23.3 Å². The molecule has 3 amide bonds. The first-order chi connectivity index (χ1) is 12.0. The van der Waals surface area contributed by atoms with E-state index in [0.29, 0.717) is 12.2 Å². The molecular weight excluding hydrogens is 316 g/mol. The van der Waals surface area contributed by atoms with Crippen LogP contribution in [0.15, 0.2) is 54.6 Å². The summed E-state index contributed by atoms with van der Waals surface area (Å²) < 4.78 is 0. The Balaban J connectivity index is 1.94. The molecule has 6 nitrogen and oxygen atoms in total. The number of carbonyl (C=O) groups is 2. The average Bonchev–Trinajstić information content (AvgIpc) is 2.60. The van der Waals surface area contributed by atoms with E-state index in [1.54, 1.807) is 12.1 Å². The highest BCUT2D eigenvalue weighted by Crippen LogP contribution is 2.17. The maximum atomic E-state index is 12.4. The lowest BCUT2D eigenvalue weighted by molar-refractivity contribution is -0.120. The molecule has 4 N–H and O–H groups in total. The summed E-state index contributed by atoms with van der Waals surface area (Å²) in [5.41, 5.74) is 7.68. The molecule has 0 fully saturated rings. The van der Waals surface area contributed by atoms with Crippen LogP contribution in [-0.2, 0) is 4.79 Å². The fraction of sp³-hybridized carbons (Fsp3) is 0.263. The number of hydrogen-bond donors (Lipinski definition) is 3. The highest BCUT2D eigenvalue weighted by atomic mass is 16.2. The zero-order valence-corrected chi connectivity index (χ0v) is 14.5. The molecule has 1 atom stereocenters. The Morgan fingerprint density at radius 3 is 2.28 bits per heavy atom. The molecule has 2 aromatic carbocycles. The fourth-order valence-electron chi connectivity index (χ4n) is 2.57. The minimum absolute atomic E-state index is 0.0439. The molecule has 0 radical (unpaired) electrons. The van der Waals surface area contributed by atoms with Gasteiger partial charge in [0.2, 0.25) is 5.91 Å². The van der Waals surface area contributed by atoms with Gasteiger partial charge in [-0.05, 0) is 43.7 Å². The molecule has 0 saturated carbocycles. The molecule has 6 heteroatoms. The third-order valence-electron chi connectivity index (χ3n) is 3.89. The van der Waals surface area contributed by atoms with E-state index in [1.807, 2.05) is 61.2 Å². The Bertz CT molecular complexity index is 701. The van der Waals surface area contributed by atoms with Crippen molar-refractivity contribution in [3.8, 4) is 0 Å². The molecule has 1 unspecified atom stereocenters. The van der Waals surface area contributed by atoms with E-state index in [2.05, 4.69) is 10.6 Å². The highest BCUT2D eigenvalue weighted by molar-refractivity contribution is 5.87. The molecule has 0 aliphatic rings. The minimum Gasteiger partial charge on any atom is -0.363 e. The van der Waals surface area contributed by atoms with Crippen molar-refractivity contribution in [1.29, 1.82) is 0 Å². The van der Waals surface area contributed by atoms with Gasteiger partial charge >= 0.3 is 6.03 Å². The molecular formula is C19H24N4O2. The standard InChI is InChI=1S/C19H24N4O2/c1-3-23(17-7-5-4-6-8-17)13-18(24)21-14(2)15-9-11-16(12-10-15)22-19(20)25/h4-12,14H,3,13H2,1-2H3,(H,21,24)(H3,20,22,25). The van der Waals surface area contributed by atoms with Crippen LogP contribution in [0, 0.1) is 0 Å². The summed E-state index contributed by atoms with van der Waals surface area (Å²) in [6, 6.07) is 16.3. The van der Waals surface area contributed by atoms with Crippen molar-refractivity contribution in [3.05, 3.63) is 60.2 Å². The van der Waals surface area contributed by atoms with Crippen LogP contribution in [0.3, 0.4) is 0 Å². The molecule has 0 bridgehead atoms. The predicted octanol–water partition coefficient (Wildman–Crippen LogP) is 2.88. The number of nitrogens with zero attached hydrogens (tertiary/aromatic N) is 1. The quantitative estimate of drug-likeness (QED) is 0.724. The second-order valence-electron chi connectivity index (χ2n) is 5.75. The number of primary amides is 1. The Labute approximate surface area is 148 Å². The van der Waals surface area contributed by atoms with Gasteiger partial charge in [0, 0.05) is 17.9 Å². The van der Waals surface area contributed by atoms with Gasteiger partial charge in [0.25, 0.3) is 0 Å². The van der Waals surface area contributed by atoms with E-state index in [4.69, 9.17) is 5.73 Å². The SMILES string of the molecule is CCN(CC(=O)NC(C)c1ccc(NC(N)=O)cc1)c1ccccc1. The predicted molar refractivity (Wildman–Crippen MR) is 101 cm³/mol.